The number of hydrogen-bond acceptors (Lipinski definition) is 6. The molecule has 1 aromatic carbocycles. The molecule has 118 valence electrons. The summed E-state index contributed by atoms with van der Waals surface area (Å²) in [6.45, 7) is 5.19. The SMILES string of the molecule is CCN(CC)C(=O)c1cccc(NC=C(C#N)c2nn[nH]n2)c1. The highest BCUT2D eigenvalue weighted by molar-refractivity contribution is 5.95. The molecule has 0 aliphatic rings. The van der Waals surface area contributed by atoms with Gasteiger partial charge in [-0.3, -0.25) is 4.79 Å². The summed E-state index contributed by atoms with van der Waals surface area (Å²) < 4.78 is 0. The molecule has 1 amide bonds. The van der Waals surface area contributed by atoms with Gasteiger partial charge in [0.25, 0.3) is 5.91 Å². The fourth-order valence-electron chi connectivity index (χ4n) is 2.01. The van der Waals surface area contributed by atoms with Crippen molar-refractivity contribution in [3.05, 3.63) is 41.9 Å². The number of aromatic nitrogens is 4. The van der Waals surface area contributed by atoms with Crippen molar-refractivity contribution in [2.45, 2.75) is 13.8 Å². The zero-order valence-corrected chi connectivity index (χ0v) is 12.9. The molecule has 23 heavy (non-hydrogen) atoms. The standard InChI is InChI=1S/C15H17N7O/c1-3-22(4-2)15(23)11-6-5-7-13(8-11)17-10-12(9-16)14-18-20-21-19-14/h5-8,10,17H,3-4H2,1-2H3,(H,18,19,20,21). The van der Waals surface area contributed by atoms with Gasteiger partial charge < -0.3 is 10.2 Å². The van der Waals surface area contributed by atoms with Crippen molar-refractivity contribution in [3.8, 4) is 6.07 Å². The fourth-order valence-corrected chi connectivity index (χ4v) is 2.01. The average Bonchev–Trinajstić information content (AvgIpc) is 3.11. The maximum absolute atomic E-state index is 12.3. The van der Waals surface area contributed by atoms with Crippen LogP contribution in [0.5, 0.6) is 0 Å². The average molecular weight is 311 g/mol. The summed E-state index contributed by atoms with van der Waals surface area (Å²) in [5.74, 6) is 0.177. The van der Waals surface area contributed by atoms with Gasteiger partial charge >= 0.3 is 0 Å². The highest BCUT2D eigenvalue weighted by atomic mass is 16.2. The van der Waals surface area contributed by atoms with Crippen LogP contribution in [0.2, 0.25) is 0 Å². The zero-order valence-electron chi connectivity index (χ0n) is 12.9. The molecule has 0 radical (unpaired) electrons. The van der Waals surface area contributed by atoms with E-state index in [2.05, 4.69) is 25.9 Å². The molecule has 1 aromatic heterocycles. The van der Waals surface area contributed by atoms with Crippen LogP contribution in [0.3, 0.4) is 0 Å². The zero-order chi connectivity index (χ0) is 16.7. The number of rotatable bonds is 6. The molecule has 0 aliphatic carbocycles. The minimum absolute atomic E-state index is 0.0266. The van der Waals surface area contributed by atoms with Gasteiger partial charge in [0.2, 0.25) is 5.82 Å². The molecular weight excluding hydrogens is 294 g/mol. The quantitative estimate of drug-likeness (QED) is 0.785. The second-order valence-corrected chi connectivity index (χ2v) is 4.61. The van der Waals surface area contributed by atoms with E-state index in [0.717, 1.165) is 0 Å². The Kier molecular flexibility index (Phi) is 5.41. The lowest BCUT2D eigenvalue weighted by Gasteiger charge is -2.18. The van der Waals surface area contributed by atoms with E-state index in [4.69, 9.17) is 5.26 Å². The Labute approximate surface area is 133 Å². The number of carbonyl (C=O) groups is 1. The maximum atomic E-state index is 12.3. The summed E-state index contributed by atoms with van der Waals surface area (Å²) in [5, 5.41) is 25.3. The monoisotopic (exact) mass is 311 g/mol. The van der Waals surface area contributed by atoms with Crippen molar-refractivity contribution in [3.63, 3.8) is 0 Å². The lowest BCUT2D eigenvalue weighted by Crippen LogP contribution is -2.30. The highest BCUT2D eigenvalue weighted by Gasteiger charge is 2.12. The summed E-state index contributed by atoms with van der Waals surface area (Å²) in [5.41, 5.74) is 1.52. The number of anilines is 1. The first-order valence-electron chi connectivity index (χ1n) is 7.19. The minimum Gasteiger partial charge on any atom is -0.360 e. The number of aromatic amines is 1. The van der Waals surface area contributed by atoms with Crippen LogP contribution in [0, 0.1) is 11.3 Å². The van der Waals surface area contributed by atoms with Gasteiger partial charge in [-0.15, -0.1) is 10.2 Å². The van der Waals surface area contributed by atoms with Crippen LogP contribution in [-0.4, -0.2) is 44.5 Å². The summed E-state index contributed by atoms with van der Waals surface area (Å²) in [7, 11) is 0. The van der Waals surface area contributed by atoms with Crippen molar-refractivity contribution < 1.29 is 4.79 Å². The van der Waals surface area contributed by atoms with E-state index in [-0.39, 0.29) is 17.3 Å². The first kappa shape index (κ1) is 16.2. The summed E-state index contributed by atoms with van der Waals surface area (Å²) >= 11 is 0. The Morgan fingerprint density at radius 3 is 2.83 bits per heavy atom. The molecule has 0 aliphatic heterocycles. The van der Waals surface area contributed by atoms with E-state index < -0.39 is 0 Å². The summed E-state index contributed by atoms with van der Waals surface area (Å²) in [6, 6.07) is 9.08. The third-order valence-corrected chi connectivity index (χ3v) is 3.25. The Morgan fingerprint density at radius 1 is 1.43 bits per heavy atom. The van der Waals surface area contributed by atoms with Gasteiger partial charge in [0.05, 0.1) is 0 Å². The Hall–Kier alpha value is -3.21. The minimum atomic E-state index is -0.0266. The van der Waals surface area contributed by atoms with Crippen LogP contribution in [0.15, 0.2) is 30.5 Å². The van der Waals surface area contributed by atoms with E-state index in [9.17, 15) is 4.79 Å². The normalized spacial score (nSPS) is 10.9. The van der Waals surface area contributed by atoms with Crippen LogP contribution in [0.4, 0.5) is 5.69 Å². The first-order valence-corrected chi connectivity index (χ1v) is 7.19. The van der Waals surface area contributed by atoms with Crippen LogP contribution < -0.4 is 5.32 Å². The van der Waals surface area contributed by atoms with E-state index >= 15 is 0 Å². The molecule has 2 N–H and O–H groups in total. The number of benzene rings is 1. The third-order valence-electron chi connectivity index (χ3n) is 3.25. The number of H-pyrrole nitrogens is 1. The number of hydrogen-bond donors (Lipinski definition) is 2. The van der Waals surface area contributed by atoms with E-state index in [0.29, 0.717) is 24.3 Å². The molecule has 0 saturated carbocycles. The summed E-state index contributed by atoms with van der Waals surface area (Å²) in [4.78, 5) is 14.1. The molecule has 0 saturated heterocycles. The topological polar surface area (TPSA) is 111 Å². The number of allylic oxidation sites excluding steroid dienone is 1. The molecule has 8 heteroatoms. The molecule has 8 nitrogen and oxygen atoms in total. The molecular formula is C15H17N7O. The third kappa shape index (κ3) is 3.91. The Morgan fingerprint density at radius 2 is 2.22 bits per heavy atom. The maximum Gasteiger partial charge on any atom is 0.253 e. The van der Waals surface area contributed by atoms with Crippen molar-refractivity contribution in [2.75, 3.05) is 18.4 Å². The molecule has 0 fully saturated rings. The molecule has 0 bridgehead atoms. The number of amides is 1. The predicted molar refractivity (Wildman–Crippen MR) is 85.1 cm³/mol. The number of carbonyl (C=O) groups excluding carboxylic acids is 1. The van der Waals surface area contributed by atoms with Crippen molar-refractivity contribution in [1.29, 1.82) is 5.26 Å². The van der Waals surface area contributed by atoms with Gasteiger partial charge in [-0.25, -0.2) is 0 Å². The molecule has 0 unspecified atom stereocenters. The van der Waals surface area contributed by atoms with Crippen LogP contribution in [0.1, 0.15) is 30.0 Å². The number of nitriles is 1. The van der Waals surface area contributed by atoms with E-state index in [1.54, 1.807) is 29.2 Å². The molecule has 2 aromatic rings. The first-order chi connectivity index (χ1) is 11.2. The Balaban J connectivity index is 2.17. The molecule has 2 rings (SSSR count). The Bertz CT molecular complexity index is 727. The van der Waals surface area contributed by atoms with Gasteiger partial charge in [0.15, 0.2) is 0 Å². The molecule has 0 spiro atoms. The van der Waals surface area contributed by atoms with Crippen LogP contribution in [0.25, 0.3) is 5.57 Å². The van der Waals surface area contributed by atoms with Crippen molar-refractivity contribution in [2.24, 2.45) is 0 Å². The second kappa shape index (κ2) is 7.70. The number of nitrogens with zero attached hydrogens (tertiary/aromatic N) is 5. The van der Waals surface area contributed by atoms with Gasteiger partial charge in [0, 0.05) is 30.5 Å². The van der Waals surface area contributed by atoms with E-state index in [1.165, 1.54) is 6.20 Å². The largest absolute Gasteiger partial charge is 0.360 e. The fraction of sp³-hybridized carbons (Fsp3) is 0.267. The lowest BCUT2D eigenvalue weighted by molar-refractivity contribution is 0.0773. The summed E-state index contributed by atoms with van der Waals surface area (Å²) in [6.07, 6.45) is 1.48. The molecule has 1 heterocycles. The smallest absolute Gasteiger partial charge is 0.253 e. The van der Waals surface area contributed by atoms with Crippen molar-refractivity contribution >= 4 is 17.2 Å². The van der Waals surface area contributed by atoms with Crippen LogP contribution in [-0.2, 0) is 0 Å². The second-order valence-electron chi connectivity index (χ2n) is 4.61. The van der Waals surface area contributed by atoms with E-state index in [1.807, 2.05) is 19.9 Å². The molecule has 0 atom stereocenters. The predicted octanol–water partition coefficient (Wildman–Crippen LogP) is 1.66. The van der Waals surface area contributed by atoms with Crippen LogP contribution >= 0.6 is 0 Å². The number of tetrazole rings is 1. The highest BCUT2D eigenvalue weighted by Crippen LogP contribution is 2.14. The van der Waals surface area contributed by atoms with Crippen molar-refractivity contribution in [1.82, 2.24) is 25.5 Å². The lowest BCUT2D eigenvalue weighted by atomic mass is 10.1. The van der Waals surface area contributed by atoms with Gasteiger partial charge in [-0.05, 0) is 37.3 Å². The van der Waals surface area contributed by atoms with Gasteiger partial charge in [-0.2, -0.15) is 10.5 Å². The number of nitrogens with one attached hydrogen (secondary N) is 2. The van der Waals surface area contributed by atoms with Gasteiger partial charge in [0.1, 0.15) is 11.6 Å². The van der Waals surface area contributed by atoms with Gasteiger partial charge in [-0.1, -0.05) is 6.07 Å².